The molecule has 130 valence electrons. The Morgan fingerprint density at radius 2 is 1.91 bits per heavy atom. The van der Waals surface area contributed by atoms with E-state index in [-0.39, 0.29) is 40.5 Å². The predicted octanol–water partition coefficient (Wildman–Crippen LogP) is 3.34. The van der Waals surface area contributed by atoms with E-state index in [2.05, 4.69) is 26.8 Å². The molecule has 3 aliphatic carbocycles. The second-order valence-electron chi connectivity index (χ2n) is 9.27. The average molecular weight is 320 g/mol. The van der Waals surface area contributed by atoms with Gasteiger partial charge >= 0.3 is 0 Å². The number of ketones is 1. The monoisotopic (exact) mass is 320 g/mol. The number of Topliss-reactive ketones (excluding diaryl/α,β-unsaturated/α-hetero) is 1. The maximum absolute atomic E-state index is 12.5. The molecule has 0 saturated heterocycles. The van der Waals surface area contributed by atoms with Crippen molar-refractivity contribution in [3.8, 4) is 0 Å². The standard InChI is InChI=1S/C20H32O3/c1-11(2)17(22)13-10-14-12(18(13)23)6-7-15-19(3,4)16(21)8-9-20(14,15)5/h6,11,13-16,18,21,23H,7-10H2,1-5H3/t13-,14+,15+,16+,18+,20-/m0/s1. The lowest BCUT2D eigenvalue weighted by Gasteiger charge is -2.57. The Bertz CT molecular complexity index is 533. The topological polar surface area (TPSA) is 57.5 Å². The van der Waals surface area contributed by atoms with Crippen LogP contribution in [-0.4, -0.2) is 28.2 Å². The van der Waals surface area contributed by atoms with Crippen LogP contribution in [0.5, 0.6) is 0 Å². The van der Waals surface area contributed by atoms with Gasteiger partial charge in [0, 0.05) is 11.8 Å². The molecule has 0 aromatic carbocycles. The van der Waals surface area contributed by atoms with Crippen molar-refractivity contribution in [2.75, 3.05) is 0 Å². The summed E-state index contributed by atoms with van der Waals surface area (Å²) in [5, 5.41) is 21.2. The summed E-state index contributed by atoms with van der Waals surface area (Å²) in [5.41, 5.74) is 1.08. The van der Waals surface area contributed by atoms with Crippen LogP contribution in [-0.2, 0) is 4.79 Å². The van der Waals surface area contributed by atoms with Gasteiger partial charge in [-0.1, -0.05) is 40.7 Å². The fraction of sp³-hybridized carbons (Fsp3) is 0.850. The third kappa shape index (κ3) is 2.34. The third-order valence-corrected chi connectivity index (χ3v) is 7.44. The third-order valence-electron chi connectivity index (χ3n) is 7.44. The van der Waals surface area contributed by atoms with Crippen molar-refractivity contribution >= 4 is 5.78 Å². The molecule has 0 bridgehead atoms. The van der Waals surface area contributed by atoms with Gasteiger partial charge in [-0.3, -0.25) is 4.79 Å². The van der Waals surface area contributed by atoms with E-state index in [9.17, 15) is 15.0 Å². The lowest BCUT2D eigenvalue weighted by atomic mass is 9.48. The van der Waals surface area contributed by atoms with Crippen molar-refractivity contribution in [2.45, 2.75) is 72.5 Å². The van der Waals surface area contributed by atoms with Crippen LogP contribution in [0.2, 0.25) is 0 Å². The van der Waals surface area contributed by atoms with E-state index in [0.29, 0.717) is 5.92 Å². The van der Waals surface area contributed by atoms with Crippen LogP contribution >= 0.6 is 0 Å². The van der Waals surface area contributed by atoms with Crippen molar-refractivity contribution in [3.05, 3.63) is 11.6 Å². The SMILES string of the molecule is CC(C)C(=O)[C@@H]1C[C@@H]2C(=CC[C@@H]3C(C)(C)[C@H](O)CC[C@@]23C)[C@H]1O. The molecule has 2 fully saturated rings. The zero-order valence-corrected chi connectivity index (χ0v) is 15.2. The minimum Gasteiger partial charge on any atom is -0.393 e. The molecule has 0 heterocycles. The van der Waals surface area contributed by atoms with E-state index in [1.54, 1.807) is 0 Å². The van der Waals surface area contributed by atoms with Crippen molar-refractivity contribution in [1.82, 2.24) is 0 Å². The molecule has 3 nitrogen and oxygen atoms in total. The summed E-state index contributed by atoms with van der Waals surface area (Å²) < 4.78 is 0. The number of fused-ring (bicyclic) bond motifs is 3. The maximum Gasteiger partial charge on any atom is 0.141 e. The zero-order valence-electron chi connectivity index (χ0n) is 15.2. The minimum atomic E-state index is -0.595. The van der Waals surface area contributed by atoms with E-state index < -0.39 is 6.10 Å². The highest BCUT2D eigenvalue weighted by atomic mass is 16.3. The Labute approximate surface area is 140 Å². The first-order valence-corrected chi connectivity index (χ1v) is 9.20. The van der Waals surface area contributed by atoms with E-state index in [1.807, 2.05) is 13.8 Å². The summed E-state index contributed by atoms with van der Waals surface area (Å²) in [6.07, 6.45) is 4.84. The molecule has 0 unspecified atom stereocenters. The highest BCUT2D eigenvalue weighted by Gasteiger charge is 2.59. The Kier molecular flexibility index (Phi) is 4.04. The summed E-state index contributed by atoms with van der Waals surface area (Å²) in [7, 11) is 0. The van der Waals surface area contributed by atoms with Crippen LogP contribution < -0.4 is 0 Å². The molecule has 3 aliphatic rings. The molecule has 2 N–H and O–H groups in total. The van der Waals surface area contributed by atoms with Crippen LogP contribution in [0.15, 0.2) is 11.6 Å². The molecule has 0 radical (unpaired) electrons. The summed E-state index contributed by atoms with van der Waals surface area (Å²) in [6, 6.07) is 0. The number of rotatable bonds is 2. The smallest absolute Gasteiger partial charge is 0.141 e. The fourth-order valence-electron chi connectivity index (χ4n) is 5.89. The Morgan fingerprint density at radius 1 is 1.26 bits per heavy atom. The van der Waals surface area contributed by atoms with E-state index >= 15 is 0 Å². The first kappa shape index (κ1) is 17.2. The van der Waals surface area contributed by atoms with Crippen molar-refractivity contribution in [3.63, 3.8) is 0 Å². The molecular formula is C20H32O3. The van der Waals surface area contributed by atoms with Gasteiger partial charge in [-0.2, -0.15) is 0 Å². The van der Waals surface area contributed by atoms with Crippen LogP contribution in [0.4, 0.5) is 0 Å². The maximum atomic E-state index is 12.5. The van der Waals surface area contributed by atoms with E-state index in [0.717, 1.165) is 31.3 Å². The molecular weight excluding hydrogens is 288 g/mol. The summed E-state index contributed by atoms with van der Waals surface area (Å²) in [5.74, 6) is 0.631. The van der Waals surface area contributed by atoms with Crippen LogP contribution in [0.25, 0.3) is 0 Å². The molecule has 0 aliphatic heterocycles. The Hall–Kier alpha value is -0.670. The van der Waals surface area contributed by atoms with E-state index in [4.69, 9.17) is 0 Å². The van der Waals surface area contributed by atoms with E-state index in [1.165, 1.54) is 0 Å². The molecule has 0 aromatic heterocycles. The van der Waals surface area contributed by atoms with Gasteiger partial charge in [0.2, 0.25) is 0 Å². The first-order valence-electron chi connectivity index (χ1n) is 9.20. The number of carbonyl (C=O) groups excluding carboxylic acids is 1. The van der Waals surface area contributed by atoms with Crippen LogP contribution in [0, 0.1) is 34.5 Å². The molecule has 2 saturated carbocycles. The average Bonchev–Trinajstić information content (AvgIpc) is 2.81. The molecule has 23 heavy (non-hydrogen) atoms. The van der Waals surface area contributed by atoms with Crippen LogP contribution in [0.3, 0.4) is 0 Å². The van der Waals surface area contributed by atoms with Gasteiger partial charge in [0.05, 0.1) is 12.2 Å². The van der Waals surface area contributed by atoms with Crippen LogP contribution in [0.1, 0.15) is 60.3 Å². The van der Waals surface area contributed by atoms with Crippen molar-refractivity contribution in [2.24, 2.45) is 34.5 Å². The molecule has 0 spiro atoms. The van der Waals surface area contributed by atoms with Gasteiger partial charge in [-0.15, -0.1) is 0 Å². The first-order chi connectivity index (χ1) is 10.6. The van der Waals surface area contributed by atoms with Crippen molar-refractivity contribution < 1.29 is 15.0 Å². The molecule has 3 heteroatoms. The molecule has 0 aromatic rings. The lowest BCUT2D eigenvalue weighted by molar-refractivity contribution is -0.129. The summed E-state index contributed by atoms with van der Waals surface area (Å²) in [4.78, 5) is 12.5. The number of aliphatic hydroxyl groups is 2. The normalized spacial score (nSPS) is 45.4. The quantitative estimate of drug-likeness (QED) is 0.767. The number of carbonyl (C=O) groups is 1. The lowest BCUT2D eigenvalue weighted by Crippen LogP contribution is -2.53. The number of aliphatic hydroxyl groups excluding tert-OH is 2. The molecule has 6 atom stereocenters. The van der Waals surface area contributed by atoms with Gasteiger partial charge in [-0.05, 0) is 53.9 Å². The van der Waals surface area contributed by atoms with Gasteiger partial charge in [-0.25, -0.2) is 0 Å². The number of hydrogen-bond acceptors (Lipinski definition) is 3. The summed E-state index contributed by atoms with van der Waals surface area (Å²) in [6.45, 7) is 10.5. The fourth-order valence-corrected chi connectivity index (χ4v) is 5.89. The second kappa shape index (κ2) is 5.42. The number of allylic oxidation sites excluding steroid dienone is 1. The minimum absolute atomic E-state index is 0.0244. The summed E-state index contributed by atoms with van der Waals surface area (Å²) >= 11 is 0. The highest BCUT2D eigenvalue weighted by Crippen LogP contribution is 2.63. The molecule has 3 rings (SSSR count). The number of hydrogen-bond donors (Lipinski definition) is 2. The largest absolute Gasteiger partial charge is 0.393 e. The highest BCUT2D eigenvalue weighted by molar-refractivity contribution is 5.84. The zero-order chi connectivity index (χ0) is 17.2. The van der Waals surface area contributed by atoms with Gasteiger partial charge in [0.1, 0.15) is 5.78 Å². The predicted molar refractivity (Wildman–Crippen MR) is 90.8 cm³/mol. The van der Waals surface area contributed by atoms with Gasteiger partial charge in [0.15, 0.2) is 0 Å². The van der Waals surface area contributed by atoms with Gasteiger partial charge in [0.25, 0.3) is 0 Å². The Balaban J connectivity index is 1.95. The second-order valence-corrected chi connectivity index (χ2v) is 9.27. The van der Waals surface area contributed by atoms with Gasteiger partial charge < -0.3 is 10.2 Å². The van der Waals surface area contributed by atoms with Crippen molar-refractivity contribution in [1.29, 1.82) is 0 Å². The molecule has 0 amide bonds. The Morgan fingerprint density at radius 3 is 2.52 bits per heavy atom.